The molecule has 0 saturated heterocycles. The van der Waals surface area contributed by atoms with Crippen molar-refractivity contribution in [1.82, 2.24) is 0 Å². The quantitative estimate of drug-likeness (QED) is 0.677. The third-order valence-electron chi connectivity index (χ3n) is 3.41. The molecule has 5 nitrogen and oxygen atoms in total. The van der Waals surface area contributed by atoms with E-state index in [9.17, 15) is 13.2 Å². The van der Waals surface area contributed by atoms with Crippen molar-refractivity contribution >= 4 is 31.7 Å². The lowest BCUT2D eigenvalue weighted by atomic mass is 10.2. The third-order valence-corrected chi connectivity index (χ3v) is 5.81. The second kappa shape index (κ2) is 7.81. The number of hydrogen-bond acceptors (Lipinski definition) is 5. The van der Waals surface area contributed by atoms with Crippen LogP contribution in [0.4, 0.5) is 0 Å². The van der Waals surface area contributed by atoms with E-state index in [1.165, 1.54) is 19.1 Å². The number of halogens is 1. The number of carbonyl (C=O) groups excluding carboxylic acids is 1. The number of ether oxygens (including phenoxy) is 2. The summed E-state index contributed by atoms with van der Waals surface area (Å²) >= 11 is 3.36. The first-order valence-electron chi connectivity index (χ1n) is 7.20. The Morgan fingerprint density at radius 2 is 1.88 bits per heavy atom. The Kier molecular flexibility index (Phi) is 6.01. The predicted molar refractivity (Wildman–Crippen MR) is 94.0 cm³/mol. The first-order chi connectivity index (χ1) is 11.4. The zero-order valence-electron chi connectivity index (χ0n) is 13.3. The molecule has 2 aromatic rings. The molecule has 0 heterocycles. The Labute approximate surface area is 149 Å². The smallest absolute Gasteiger partial charge is 0.339 e. The average molecular weight is 413 g/mol. The molecule has 0 aliphatic carbocycles. The van der Waals surface area contributed by atoms with Crippen molar-refractivity contribution in [3.63, 3.8) is 0 Å². The van der Waals surface area contributed by atoms with E-state index >= 15 is 0 Å². The summed E-state index contributed by atoms with van der Waals surface area (Å²) in [5.74, 6) is -0.0815. The molecule has 0 amide bonds. The predicted octanol–water partition coefficient (Wildman–Crippen LogP) is 3.61. The van der Waals surface area contributed by atoms with E-state index in [1.54, 1.807) is 37.4 Å². The molecule has 0 aliphatic rings. The van der Waals surface area contributed by atoms with Crippen LogP contribution in [-0.2, 0) is 21.2 Å². The summed E-state index contributed by atoms with van der Waals surface area (Å²) in [5.41, 5.74) is 0.804. The van der Waals surface area contributed by atoms with E-state index in [2.05, 4.69) is 15.9 Å². The minimum atomic E-state index is -3.50. The average Bonchev–Trinajstić information content (AvgIpc) is 2.59. The highest BCUT2D eigenvalue weighted by molar-refractivity contribution is 9.10. The standard InChI is InChI=1S/C17H17BrO5S/c1-3-24(20,21)16-7-5-4-6-13(16)17(19)23-11-12-8-9-15(22-2)14(18)10-12/h4-10H,3,11H2,1-2H3. The van der Waals surface area contributed by atoms with Gasteiger partial charge in [0, 0.05) is 0 Å². The van der Waals surface area contributed by atoms with Gasteiger partial charge in [-0.3, -0.25) is 0 Å². The van der Waals surface area contributed by atoms with Gasteiger partial charge in [-0.05, 0) is 45.8 Å². The maximum atomic E-state index is 12.3. The Balaban J connectivity index is 2.18. The molecule has 2 rings (SSSR count). The Hall–Kier alpha value is -1.86. The molecule has 0 unspecified atom stereocenters. The topological polar surface area (TPSA) is 69.7 Å². The van der Waals surface area contributed by atoms with Gasteiger partial charge in [-0.1, -0.05) is 25.1 Å². The van der Waals surface area contributed by atoms with Crippen LogP contribution in [0, 0.1) is 0 Å². The summed E-state index contributed by atoms with van der Waals surface area (Å²) < 4.78 is 35.3. The number of methoxy groups -OCH3 is 1. The van der Waals surface area contributed by atoms with Gasteiger partial charge in [-0.15, -0.1) is 0 Å². The highest BCUT2D eigenvalue weighted by Gasteiger charge is 2.21. The van der Waals surface area contributed by atoms with E-state index in [-0.39, 0.29) is 22.8 Å². The summed E-state index contributed by atoms with van der Waals surface area (Å²) in [6.07, 6.45) is 0. The fourth-order valence-electron chi connectivity index (χ4n) is 2.09. The van der Waals surface area contributed by atoms with Crippen LogP contribution in [0.2, 0.25) is 0 Å². The minimum Gasteiger partial charge on any atom is -0.496 e. The van der Waals surface area contributed by atoms with Crippen molar-refractivity contribution in [3.8, 4) is 5.75 Å². The lowest BCUT2D eigenvalue weighted by Crippen LogP contribution is -2.13. The molecule has 0 atom stereocenters. The molecule has 0 aliphatic heterocycles. The van der Waals surface area contributed by atoms with E-state index in [0.29, 0.717) is 5.75 Å². The molecule has 2 aromatic carbocycles. The highest BCUT2D eigenvalue weighted by Crippen LogP contribution is 2.26. The molecule has 0 saturated carbocycles. The molecule has 0 aromatic heterocycles. The van der Waals surface area contributed by atoms with Crippen molar-refractivity contribution in [2.75, 3.05) is 12.9 Å². The summed E-state index contributed by atoms with van der Waals surface area (Å²) in [4.78, 5) is 12.3. The number of hydrogen-bond donors (Lipinski definition) is 0. The van der Waals surface area contributed by atoms with Crippen LogP contribution in [0.5, 0.6) is 5.75 Å². The van der Waals surface area contributed by atoms with Gasteiger partial charge < -0.3 is 9.47 Å². The molecule has 7 heteroatoms. The van der Waals surface area contributed by atoms with Gasteiger partial charge in [0.15, 0.2) is 9.84 Å². The van der Waals surface area contributed by atoms with Crippen LogP contribution in [-0.4, -0.2) is 27.2 Å². The van der Waals surface area contributed by atoms with Gasteiger partial charge in [0.2, 0.25) is 0 Å². The fraction of sp³-hybridized carbons (Fsp3) is 0.235. The summed E-state index contributed by atoms with van der Waals surface area (Å²) in [5, 5.41) is 0. The molecular weight excluding hydrogens is 396 g/mol. The van der Waals surface area contributed by atoms with E-state index < -0.39 is 15.8 Å². The molecule has 0 bridgehead atoms. The fourth-order valence-corrected chi connectivity index (χ4v) is 3.76. The van der Waals surface area contributed by atoms with Crippen LogP contribution in [0.3, 0.4) is 0 Å². The van der Waals surface area contributed by atoms with E-state index in [1.807, 2.05) is 0 Å². The molecule has 0 fully saturated rings. The van der Waals surface area contributed by atoms with Crippen molar-refractivity contribution in [2.45, 2.75) is 18.4 Å². The zero-order chi connectivity index (χ0) is 17.7. The van der Waals surface area contributed by atoms with Crippen molar-refractivity contribution in [3.05, 3.63) is 58.1 Å². The van der Waals surface area contributed by atoms with Gasteiger partial charge in [0.05, 0.1) is 27.8 Å². The van der Waals surface area contributed by atoms with E-state index in [4.69, 9.17) is 9.47 Å². The van der Waals surface area contributed by atoms with Crippen LogP contribution >= 0.6 is 15.9 Å². The maximum Gasteiger partial charge on any atom is 0.339 e. The molecular formula is C17H17BrO5S. The molecule has 0 spiro atoms. The molecule has 0 radical (unpaired) electrons. The second-order valence-electron chi connectivity index (χ2n) is 4.94. The van der Waals surface area contributed by atoms with Gasteiger partial charge in [-0.2, -0.15) is 0 Å². The third kappa shape index (κ3) is 4.15. The van der Waals surface area contributed by atoms with Crippen molar-refractivity contribution in [1.29, 1.82) is 0 Å². The Morgan fingerprint density at radius 1 is 1.17 bits per heavy atom. The van der Waals surface area contributed by atoms with Gasteiger partial charge in [-0.25, -0.2) is 13.2 Å². The van der Waals surface area contributed by atoms with Crippen LogP contribution < -0.4 is 4.74 Å². The monoisotopic (exact) mass is 412 g/mol. The Morgan fingerprint density at radius 3 is 2.50 bits per heavy atom. The summed E-state index contributed by atoms with van der Waals surface area (Å²) in [6.45, 7) is 1.56. The van der Waals surface area contributed by atoms with Crippen molar-refractivity contribution < 1.29 is 22.7 Å². The number of sulfone groups is 1. The number of esters is 1. The first-order valence-corrected chi connectivity index (χ1v) is 9.65. The normalized spacial score (nSPS) is 11.1. The number of carbonyl (C=O) groups is 1. The molecule has 128 valence electrons. The van der Waals surface area contributed by atoms with Gasteiger partial charge >= 0.3 is 5.97 Å². The summed E-state index contributed by atoms with van der Waals surface area (Å²) in [6, 6.07) is 11.4. The largest absolute Gasteiger partial charge is 0.496 e. The minimum absolute atomic E-state index is 0.00610. The zero-order valence-corrected chi connectivity index (χ0v) is 15.7. The molecule has 24 heavy (non-hydrogen) atoms. The SMILES string of the molecule is CCS(=O)(=O)c1ccccc1C(=O)OCc1ccc(OC)c(Br)c1. The van der Waals surface area contributed by atoms with Gasteiger partial charge in [0.1, 0.15) is 12.4 Å². The summed E-state index contributed by atoms with van der Waals surface area (Å²) in [7, 11) is -1.94. The number of benzene rings is 2. The highest BCUT2D eigenvalue weighted by atomic mass is 79.9. The van der Waals surface area contributed by atoms with Crippen molar-refractivity contribution in [2.24, 2.45) is 0 Å². The lowest BCUT2D eigenvalue weighted by Gasteiger charge is -2.10. The lowest BCUT2D eigenvalue weighted by molar-refractivity contribution is 0.0468. The van der Waals surface area contributed by atoms with Crippen LogP contribution in [0.1, 0.15) is 22.8 Å². The molecule has 0 N–H and O–H groups in total. The second-order valence-corrected chi connectivity index (χ2v) is 8.05. The van der Waals surface area contributed by atoms with Crippen LogP contribution in [0.25, 0.3) is 0 Å². The first kappa shape index (κ1) is 18.5. The van der Waals surface area contributed by atoms with E-state index in [0.717, 1.165) is 10.0 Å². The Bertz CT molecular complexity index is 846. The van der Waals surface area contributed by atoms with Crippen LogP contribution in [0.15, 0.2) is 51.8 Å². The number of rotatable bonds is 6. The maximum absolute atomic E-state index is 12.3. The van der Waals surface area contributed by atoms with Gasteiger partial charge in [0.25, 0.3) is 0 Å².